The largest absolute Gasteiger partial charge is 0.472 e. The Balaban J connectivity index is 4.15. The van der Waals surface area contributed by atoms with Gasteiger partial charge < -0.3 is 19.8 Å². The summed E-state index contributed by atoms with van der Waals surface area (Å²) in [6.45, 7) is 4.85. The molecule has 0 aliphatic carbocycles. The first-order valence-electron chi connectivity index (χ1n) is 31.2. The van der Waals surface area contributed by atoms with Gasteiger partial charge in [-0.15, -0.1) is 0 Å². The molecular formula is C62H124N2O6P+. The quantitative estimate of drug-likeness (QED) is 0.0243. The summed E-state index contributed by atoms with van der Waals surface area (Å²) in [5.41, 5.74) is 0. The summed E-state index contributed by atoms with van der Waals surface area (Å²) in [7, 11) is 1.57. The number of carbonyl (C=O) groups is 1. The highest BCUT2D eigenvalue weighted by atomic mass is 31.2. The topological polar surface area (TPSA) is 105 Å². The van der Waals surface area contributed by atoms with Crippen molar-refractivity contribution in [3.8, 4) is 0 Å². The van der Waals surface area contributed by atoms with Crippen LogP contribution in [0.15, 0.2) is 24.3 Å². The van der Waals surface area contributed by atoms with Crippen LogP contribution in [0.25, 0.3) is 0 Å². The molecule has 0 aliphatic heterocycles. The summed E-state index contributed by atoms with van der Waals surface area (Å²) < 4.78 is 23.7. The first-order valence-corrected chi connectivity index (χ1v) is 32.7. The summed E-state index contributed by atoms with van der Waals surface area (Å²) >= 11 is 0. The molecule has 8 nitrogen and oxygen atoms in total. The minimum atomic E-state index is -4.35. The zero-order chi connectivity index (χ0) is 52.0. The van der Waals surface area contributed by atoms with E-state index in [4.69, 9.17) is 9.05 Å². The van der Waals surface area contributed by atoms with Gasteiger partial charge in [-0.05, 0) is 32.1 Å². The van der Waals surface area contributed by atoms with Crippen molar-refractivity contribution in [2.75, 3.05) is 40.9 Å². The molecule has 0 fully saturated rings. The van der Waals surface area contributed by atoms with Gasteiger partial charge in [0.05, 0.1) is 39.9 Å². The zero-order valence-electron chi connectivity index (χ0n) is 48.2. The van der Waals surface area contributed by atoms with Gasteiger partial charge in [0, 0.05) is 6.42 Å². The lowest BCUT2D eigenvalue weighted by Gasteiger charge is -2.25. The molecule has 0 spiro atoms. The maximum absolute atomic E-state index is 13.0. The van der Waals surface area contributed by atoms with Crippen LogP contribution in [0.3, 0.4) is 0 Å². The molecule has 0 radical (unpaired) electrons. The number of hydrogen-bond acceptors (Lipinski definition) is 5. The summed E-state index contributed by atoms with van der Waals surface area (Å²) in [5.74, 6) is -0.180. The summed E-state index contributed by atoms with van der Waals surface area (Å²) in [4.78, 5) is 23.3. The summed E-state index contributed by atoms with van der Waals surface area (Å²) in [6.07, 6.45) is 68.8. The molecule has 9 heteroatoms. The van der Waals surface area contributed by atoms with Gasteiger partial charge >= 0.3 is 7.82 Å². The normalized spacial score (nSPS) is 14.0. The Kier molecular flexibility index (Phi) is 53.0. The smallest absolute Gasteiger partial charge is 0.387 e. The Morgan fingerprint density at radius 3 is 1.13 bits per heavy atom. The fourth-order valence-electron chi connectivity index (χ4n) is 9.53. The highest BCUT2D eigenvalue weighted by molar-refractivity contribution is 7.47. The summed E-state index contributed by atoms with van der Waals surface area (Å²) in [5, 5.41) is 13.9. The van der Waals surface area contributed by atoms with E-state index in [1.54, 1.807) is 6.08 Å². The molecule has 0 aromatic heterocycles. The van der Waals surface area contributed by atoms with Crippen molar-refractivity contribution in [2.24, 2.45) is 0 Å². The second kappa shape index (κ2) is 53.8. The predicted molar refractivity (Wildman–Crippen MR) is 309 cm³/mol. The van der Waals surface area contributed by atoms with Gasteiger partial charge in [-0.25, -0.2) is 4.57 Å². The number of phosphoric ester groups is 1. The van der Waals surface area contributed by atoms with E-state index in [1.807, 2.05) is 27.2 Å². The number of aliphatic hydroxyl groups excluding tert-OH is 1. The van der Waals surface area contributed by atoms with Gasteiger partial charge in [0.1, 0.15) is 13.2 Å². The Morgan fingerprint density at radius 1 is 0.465 bits per heavy atom. The Morgan fingerprint density at radius 2 is 0.775 bits per heavy atom. The van der Waals surface area contributed by atoms with Crippen molar-refractivity contribution >= 4 is 13.7 Å². The Labute approximate surface area is 443 Å². The number of amides is 1. The van der Waals surface area contributed by atoms with Crippen LogP contribution in [0.1, 0.15) is 316 Å². The molecule has 0 bridgehead atoms. The zero-order valence-corrected chi connectivity index (χ0v) is 49.1. The van der Waals surface area contributed by atoms with Crippen molar-refractivity contribution in [1.82, 2.24) is 5.32 Å². The van der Waals surface area contributed by atoms with Crippen LogP contribution in [0, 0.1) is 0 Å². The number of phosphoric acid groups is 1. The van der Waals surface area contributed by atoms with Gasteiger partial charge in [-0.1, -0.05) is 301 Å². The molecule has 0 heterocycles. The Bertz CT molecular complexity index is 1210. The van der Waals surface area contributed by atoms with E-state index in [1.165, 1.54) is 257 Å². The standard InChI is InChI=1S/C62H123N2O6P/c1-6-8-10-12-14-16-18-20-22-24-26-28-29-30-31-32-33-34-35-36-37-39-41-43-45-47-49-51-53-55-61(65)60(59-70-71(67,68)69-58-57-64(3,4)5)63-62(66)56-54-52-50-48-46-44-42-40-38-27-25-23-21-19-17-15-13-11-9-7-2/h45,47,53,55,60-61,65H,6-44,46,48-52,54,56-59H2,1-5H3,(H-,63,66,67,68)/p+1/b47-45+,55-53+. The van der Waals surface area contributed by atoms with E-state index in [2.05, 4.69) is 31.3 Å². The number of nitrogens with one attached hydrogen (secondary N) is 1. The number of unbranched alkanes of at least 4 members (excludes halogenated alkanes) is 43. The van der Waals surface area contributed by atoms with Crippen molar-refractivity contribution in [2.45, 2.75) is 328 Å². The maximum Gasteiger partial charge on any atom is 0.472 e. The first kappa shape index (κ1) is 70.0. The number of quaternary nitrogens is 1. The number of aliphatic hydroxyl groups is 1. The minimum absolute atomic E-state index is 0.0589. The molecule has 3 unspecified atom stereocenters. The van der Waals surface area contributed by atoms with Crippen LogP contribution in [-0.2, 0) is 18.4 Å². The second-order valence-corrected chi connectivity index (χ2v) is 24.2. The lowest BCUT2D eigenvalue weighted by atomic mass is 10.0. The molecular weight excluding hydrogens is 900 g/mol. The highest BCUT2D eigenvalue weighted by Crippen LogP contribution is 2.43. The SMILES string of the molecule is CCCCCCCCCCCCCCCCCCCCCCCCC/C=C/CC/C=C/C(O)C(COP(=O)(O)OCC[N+](C)(C)C)NC(=O)CCCCCCCCCCCCCCCCCCCCCC. The van der Waals surface area contributed by atoms with Crippen LogP contribution >= 0.6 is 7.82 Å². The predicted octanol–water partition coefficient (Wildman–Crippen LogP) is 19.2. The lowest BCUT2D eigenvalue weighted by molar-refractivity contribution is -0.870. The molecule has 0 saturated carbocycles. The monoisotopic (exact) mass is 1020 g/mol. The van der Waals surface area contributed by atoms with Crippen LogP contribution in [0.5, 0.6) is 0 Å². The number of nitrogens with zero attached hydrogens (tertiary/aromatic N) is 1. The highest BCUT2D eigenvalue weighted by Gasteiger charge is 2.27. The number of rotatable bonds is 58. The van der Waals surface area contributed by atoms with Gasteiger partial charge in [0.25, 0.3) is 0 Å². The summed E-state index contributed by atoms with van der Waals surface area (Å²) in [6, 6.07) is -0.861. The third-order valence-corrected chi connectivity index (χ3v) is 15.4. The average molecular weight is 1020 g/mol. The molecule has 3 N–H and O–H groups in total. The van der Waals surface area contributed by atoms with E-state index >= 15 is 0 Å². The number of hydrogen-bond donors (Lipinski definition) is 3. The first-order chi connectivity index (χ1) is 34.5. The molecule has 0 saturated heterocycles. The van der Waals surface area contributed by atoms with Crippen molar-refractivity contribution < 1.29 is 32.9 Å². The van der Waals surface area contributed by atoms with E-state index < -0.39 is 20.0 Å². The van der Waals surface area contributed by atoms with Crippen molar-refractivity contribution in [3.05, 3.63) is 24.3 Å². The average Bonchev–Trinajstić information content (AvgIpc) is 3.33. The van der Waals surface area contributed by atoms with Gasteiger partial charge in [0.2, 0.25) is 5.91 Å². The fraction of sp³-hybridized carbons (Fsp3) is 0.919. The number of allylic oxidation sites excluding steroid dienone is 3. The van der Waals surface area contributed by atoms with Crippen LogP contribution < -0.4 is 5.32 Å². The molecule has 0 rings (SSSR count). The second-order valence-electron chi connectivity index (χ2n) is 22.8. The Hall–Kier alpha value is -1.02. The molecule has 0 aliphatic rings. The molecule has 0 aromatic carbocycles. The van der Waals surface area contributed by atoms with Crippen LogP contribution in [0.4, 0.5) is 0 Å². The van der Waals surface area contributed by atoms with Crippen LogP contribution in [0.2, 0.25) is 0 Å². The van der Waals surface area contributed by atoms with Crippen molar-refractivity contribution in [3.63, 3.8) is 0 Å². The number of carbonyl (C=O) groups excluding carboxylic acids is 1. The van der Waals surface area contributed by atoms with Gasteiger partial charge in [-0.3, -0.25) is 13.8 Å². The van der Waals surface area contributed by atoms with Crippen LogP contribution in [-0.4, -0.2) is 73.4 Å². The van der Waals surface area contributed by atoms with Gasteiger partial charge in [-0.2, -0.15) is 0 Å². The van der Waals surface area contributed by atoms with Gasteiger partial charge in [0.15, 0.2) is 0 Å². The third kappa shape index (κ3) is 56.5. The third-order valence-electron chi connectivity index (χ3n) is 14.4. The lowest BCUT2D eigenvalue weighted by Crippen LogP contribution is -2.45. The fourth-order valence-corrected chi connectivity index (χ4v) is 10.3. The molecule has 0 aromatic rings. The van der Waals surface area contributed by atoms with E-state index in [-0.39, 0.29) is 19.1 Å². The molecule has 71 heavy (non-hydrogen) atoms. The molecule has 422 valence electrons. The minimum Gasteiger partial charge on any atom is -0.387 e. The molecule has 3 atom stereocenters. The van der Waals surface area contributed by atoms with E-state index in [0.717, 1.165) is 38.5 Å². The van der Waals surface area contributed by atoms with E-state index in [0.29, 0.717) is 17.4 Å². The maximum atomic E-state index is 13.0. The number of likely N-dealkylation sites (N-methyl/N-ethyl adjacent to an activating group) is 1. The van der Waals surface area contributed by atoms with Crippen molar-refractivity contribution in [1.29, 1.82) is 0 Å². The molecule has 1 amide bonds. The van der Waals surface area contributed by atoms with E-state index in [9.17, 15) is 19.4 Å².